The van der Waals surface area contributed by atoms with Crippen LogP contribution in [0.1, 0.15) is 0 Å². The van der Waals surface area contributed by atoms with Crippen LogP contribution < -0.4 is 4.74 Å². The van der Waals surface area contributed by atoms with E-state index in [9.17, 15) is 0 Å². The highest BCUT2D eigenvalue weighted by Crippen LogP contribution is 2.46. The molecule has 53 heavy (non-hydrogen) atoms. The quantitative estimate of drug-likeness (QED) is 0.187. The van der Waals surface area contributed by atoms with Gasteiger partial charge in [-0.3, -0.25) is 4.57 Å². The third kappa shape index (κ3) is 4.02. The Morgan fingerprint density at radius 2 is 1.13 bits per heavy atom. The van der Waals surface area contributed by atoms with Gasteiger partial charge in [0.2, 0.25) is 5.95 Å². The van der Waals surface area contributed by atoms with Gasteiger partial charge in [0.1, 0.15) is 11.5 Å². The Bertz CT molecular complexity index is 3320. The first-order chi connectivity index (χ1) is 26.3. The number of ether oxygens (including phenoxy) is 1. The summed E-state index contributed by atoms with van der Waals surface area (Å²) in [7, 11) is 0. The van der Waals surface area contributed by atoms with Gasteiger partial charge in [0.05, 0.1) is 38.7 Å². The minimum absolute atomic E-state index is 0.637. The van der Waals surface area contributed by atoms with Crippen LogP contribution in [0.4, 0.5) is 0 Å². The topological polar surface area (TPSA) is 44.9 Å². The number of aromatic nitrogens is 4. The van der Waals surface area contributed by atoms with Gasteiger partial charge in [-0.05, 0) is 88.6 Å². The summed E-state index contributed by atoms with van der Waals surface area (Å²) in [5.41, 5.74) is 10.7. The van der Waals surface area contributed by atoms with E-state index in [-0.39, 0.29) is 0 Å². The Morgan fingerprint density at radius 1 is 0.415 bits per heavy atom. The van der Waals surface area contributed by atoms with Crippen molar-refractivity contribution >= 4 is 65.3 Å². The van der Waals surface area contributed by atoms with Crippen LogP contribution in [0, 0.1) is 0 Å². The van der Waals surface area contributed by atoms with Crippen molar-refractivity contribution in [1.29, 1.82) is 0 Å². The van der Waals surface area contributed by atoms with E-state index in [4.69, 9.17) is 14.7 Å². The van der Waals surface area contributed by atoms with E-state index < -0.39 is 0 Å². The largest absolute Gasteiger partial charge is 0.456 e. The molecule has 0 amide bonds. The molecule has 8 aromatic carbocycles. The molecule has 246 valence electrons. The Morgan fingerprint density at radius 3 is 2.08 bits per heavy atom. The van der Waals surface area contributed by atoms with Crippen LogP contribution >= 0.6 is 0 Å². The van der Waals surface area contributed by atoms with Gasteiger partial charge in [-0.1, -0.05) is 103 Å². The molecule has 12 rings (SSSR count). The van der Waals surface area contributed by atoms with E-state index in [1.807, 2.05) is 30.3 Å². The highest BCUT2D eigenvalue weighted by atomic mass is 16.5. The van der Waals surface area contributed by atoms with Crippen molar-refractivity contribution in [1.82, 2.24) is 19.1 Å². The SMILES string of the molecule is c1ccc(-n2c3ccc(-c4ccc5c6ccccc6n(-c6nc7c8c(cccc8n6)Oc6ccccc6-7)c5c4)cc3c3c4ccccc4ccc32)cc1. The fourth-order valence-corrected chi connectivity index (χ4v) is 8.58. The summed E-state index contributed by atoms with van der Waals surface area (Å²) >= 11 is 0. The predicted molar refractivity (Wildman–Crippen MR) is 217 cm³/mol. The maximum absolute atomic E-state index is 6.30. The van der Waals surface area contributed by atoms with Crippen molar-refractivity contribution in [2.24, 2.45) is 0 Å². The molecule has 0 bridgehead atoms. The van der Waals surface area contributed by atoms with Crippen LogP contribution in [0.25, 0.3) is 99.3 Å². The second kappa shape index (κ2) is 10.6. The molecule has 5 heteroatoms. The molecular weight excluding hydrogens is 649 g/mol. The lowest BCUT2D eigenvalue weighted by molar-refractivity contribution is 0.486. The fraction of sp³-hybridized carbons (Fsp3) is 0. The van der Waals surface area contributed by atoms with Gasteiger partial charge < -0.3 is 9.30 Å². The summed E-state index contributed by atoms with van der Waals surface area (Å²) in [4.78, 5) is 10.5. The molecule has 0 unspecified atom stereocenters. The van der Waals surface area contributed by atoms with Gasteiger partial charge in [0.25, 0.3) is 0 Å². The van der Waals surface area contributed by atoms with Crippen molar-refractivity contribution in [3.05, 3.63) is 170 Å². The van der Waals surface area contributed by atoms with E-state index in [0.29, 0.717) is 5.95 Å². The van der Waals surface area contributed by atoms with Gasteiger partial charge in [0.15, 0.2) is 0 Å². The van der Waals surface area contributed by atoms with Crippen LogP contribution in [0.15, 0.2) is 170 Å². The van der Waals surface area contributed by atoms with Crippen molar-refractivity contribution in [3.63, 3.8) is 0 Å². The van der Waals surface area contributed by atoms with Crippen LogP contribution in [-0.4, -0.2) is 19.1 Å². The lowest BCUT2D eigenvalue weighted by Crippen LogP contribution is -2.06. The van der Waals surface area contributed by atoms with Crippen LogP contribution in [0.3, 0.4) is 0 Å². The molecule has 11 aromatic rings. The first-order valence-electron chi connectivity index (χ1n) is 17.9. The number of hydrogen-bond donors (Lipinski definition) is 0. The Kier molecular flexibility index (Phi) is 5.71. The Balaban J connectivity index is 1.12. The van der Waals surface area contributed by atoms with Gasteiger partial charge in [-0.15, -0.1) is 0 Å². The molecule has 4 heterocycles. The third-order valence-electron chi connectivity index (χ3n) is 10.9. The van der Waals surface area contributed by atoms with Crippen molar-refractivity contribution in [2.75, 3.05) is 0 Å². The van der Waals surface area contributed by atoms with E-state index >= 15 is 0 Å². The van der Waals surface area contributed by atoms with Gasteiger partial charge in [-0.25, -0.2) is 9.97 Å². The maximum Gasteiger partial charge on any atom is 0.235 e. The minimum Gasteiger partial charge on any atom is -0.456 e. The highest BCUT2D eigenvalue weighted by molar-refractivity contribution is 6.22. The van der Waals surface area contributed by atoms with Crippen LogP contribution in [0.5, 0.6) is 11.5 Å². The van der Waals surface area contributed by atoms with Crippen molar-refractivity contribution < 1.29 is 4.74 Å². The molecule has 0 atom stereocenters. The van der Waals surface area contributed by atoms with E-state index in [0.717, 1.165) is 72.3 Å². The average Bonchev–Trinajstić information content (AvgIpc) is 3.73. The van der Waals surface area contributed by atoms with Crippen molar-refractivity contribution in [2.45, 2.75) is 0 Å². The van der Waals surface area contributed by atoms with Gasteiger partial charge in [-0.2, -0.15) is 0 Å². The van der Waals surface area contributed by atoms with E-state index in [2.05, 4.69) is 149 Å². The molecule has 0 saturated carbocycles. The molecule has 0 saturated heterocycles. The molecule has 0 aliphatic carbocycles. The second-order valence-corrected chi connectivity index (χ2v) is 13.8. The van der Waals surface area contributed by atoms with E-state index in [1.54, 1.807) is 0 Å². The van der Waals surface area contributed by atoms with Gasteiger partial charge in [0, 0.05) is 32.8 Å². The molecule has 3 aromatic heterocycles. The average molecular weight is 677 g/mol. The molecule has 0 fully saturated rings. The predicted octanol–water partition coefficient (Wildman–Crippen LogP) is 12.4. The lowest BCUT2D eigenvalue weighted by Gasteiger charge is -2.21. The highest BCUT2D eigenvalue weighted by Gasteiger charge is 2.25. The standard InChI is InChI=1S/C48H28N4O/c1-2-12-32(13-3-1)51-40-25-23-30(27-37(40)45-33-14-5-4-11-29(33)22-26-41(45)51)31-21-24-35-34-15-6-8-18-39(34)52(42(35)28-31)48-49-38-17-10-20-44-46(38)47(50-48)36-16-7-9-19-43(36)53-44/h1-28H. The summed E-state index contributed by atoms with van der Waals surface area (Å²) in [5.74, 6) is 2.22. The zero-order chi connectivity index (χ0) is 34.6. The maximum atomic E-state index is 6.30. The Labute approximate surface area is 303 Å². The molecule has 1 aliphatic heterocycles. The summed E-state index contributed by atoms with van der Waals surface area (Å²) in [6.07, 6.45) is 0. The number of nitrogens with zero attached hydrogens (tertiary/aromatic N) is 4. The zero-order valence-corrected chi connectivity index (χ0v) is 28.4. The second-order valence-electron chi connectivity index (χ2n) is 13.8. The summed E-state index contributed by atoms with van der Waals surface area (Å²) in [5, 5.41) is 8.24. The molecule has 0 spiro atoms. The minimum atomic E-state index is 0.637. The van der Waals surface area contributed by atoms with Crippen LogP contribution in [-0.2, 0) is 0 Å². The first-order valence-corrected chi connectivity index (χ1v) is 17.9. The van der Waals surface area contributed by atoms with Crippen LogP contribution in [0.2, 0.25) is 0 Å². The third-order valence-corrected chi connectivity index (χ3v) is 10.9. The number of para-hydroxylation sites is 3. The van der Waals surface area contributed by atoms with E-state index in [1.165, 1.54) is 32.6 Å². The number of rotatable bonds is 3. The first kappa shape index (κ1) is 28.5. The molecule has 0 N–H and O–H groups in total. The van der Waals surface area contributed by atoms with Gasteiger partial charge >= 0.3 is 0 Å². The number of fused-ring (bicyclic) bond motifs is 10. The summed E-state index contributed by atoms with van der Waals surface area (Å²) in [6, 6.07) is 60.3. The zero-order valence-electron chi connectivity index (χ0n) is 28.4. The normalized spacial score (nSPS) is 12.3. The van der Waals surface area contributed by atoms with Crippen molar-refractivity contribution in [3.8, 4) is 45.5 Å². The molecular formula is C48H28N4O. The molecule has 5 nitrogen and oxygen atoms in total. The molecule has 1 aliphatic rings. The molecule has 0 radical (unpaired) electrons. The summed E-state index contributed by atoms with van der Waals surface area (Å²) in [6.45, 7) is 0. The lowest BCUT2D eigenvalue weighted by atomic mass is 9.99. The smallest absolute Gasteiger partial charge is 0.235 e. The number of hydrogen-bond acceptors (Lipinski definition) is 3. The summed E-state index contributed by atoms with van der Waals surface area (Å²) < 4.78 is 10.9. The Hall–Kier alpha value is -7.24. The fourth-order valence-electron chi connectivity index (χ4n) is 8.58. The monoisotopic (exact) mass is 676 g/mol. The number of benzene rings is 8.